The molecule has 0 radical (unpaired) electrons. The number of benzene rings is 1. The van der Waals surface area contributed by atoms with Gasteiger partial charge in [-0.2, -0.15) is 11.8 Å². The maximum Gasteiger partial charge on any atom is 0.0552 e. The summed E-state index contributed by atoms with van der Waals surface area (Å²) >= 11 is 1.94. The van der Waals surface area contributed by atoms with Crippen molar-refractivity contribution >= 4 is 11.8 Å². The fourth-order valence-electron chi connectivity index (χ4n) is 1.62. The van der Waals surface area contributed by atoms with Crippen molar-refractivity contribution in [2.75, 3.05) is 31.8 Å². The van der Waals surface area contributed by atoms with Gasteiger partial charge in [0.15, 0.2) is 0 Å². The van der Waals surface area contributed by atoms with Crippen LogP contribution in [0.1, 0.15) is 24.9 Å². The molecule has 17 heavy (non-hydrogen) atoms. The number of nitrogens with one attached hydrogen (secondary N) is 1. The highest BCUT2D eigenvalue weighted by atomic mass is 32.2. The lowest BCUT2D eigenvalue weighted by molar-refractivity contribution is 0.218. The normalized spacial score (nSPS) is 12.6. The predicted octanol–water partition coefficient (Wildman–Crippen LogP) is 3.11. The first-order chi connectivity index (χ1) is 8.38. The number of thioether (sulfide) groups is 1. The summed E-state index contributed by atoms with van der Waals surface area (Å²) in [6.45, 7) is 4.11. The molecule has 1 aromatic carbocycles. The number of methoxy groups -OCH3 is 1. The standard InChI is InChI=1S/C14H23NOS/c1-3-9-15-14(12-17-11-10-16-2)13-7-5-4-6-8-13/h4-8,14-15H,3,9-12H2,1-2H3. The zero-order chi connectivity index (χ0) is 12.3. The Bertz CT molecular complexity index is 279. The van der Waals surface area contributed by atoms with E-state index in [1.807, 2.05) is 11.8 Å². The summed E-state index contributed by atoms with van der Waals surface area (Å²) in [5, 5.41) is 3.60. The second-order valence-corrected chi connectivity index (χ2v) is 5.13. The molecule has 1 rings (SSSR count). The van der Waals surface area contributed by atoms with Crippen LogP contribution in [-0.4, -0.2) is 31.8 Å². The second kappa shape index (κ2) is 9.51. The molecule has 0 heterocycles. The van der Waals surface area contributed by atoms with E-state index in [-0.39, 0.29) is 0 Å². The average molecular weight is 253 g/mol. The summed E-state index contributed by atoms with van der Waals surface area (Å²) < 4.78 is 5.07. The van der Waals surface area contributed by atoms with Gasteiger partial charge in [0, 0.05) is 24.7 Å². The quantitative estimate of drug-likeness (QED) is 0.683. The van der Waals surface area contributed by atoms with Crippen LogP contribution in [0.5, 0.6) is 0 Å². The van der Waals surface area contributed by atoms with Crippen LogP contribution in [0.3, 0.4) is 0 Å². The van der Waals surface area contributed by atoms with E-state index in [0.29, 0.717) is 6.04 Å². The number of rotatable bonds is 9. The lowest BCUT2D eigenvalue weighted by Crippen LogP contribution is -2.24. The Morgan fingerprint density at radius 3 is 2.71 bits per heavy atom. The second-order valence-electron chi connectivity index (χ2n) is 3.99. The van der Waals surface area contributed by atoms with Gasteiger partial charge in [0.25, 0.3) is 0 Å². The molecular weight excluding hydrogens is 230 g/mol. The molecule has 0 saturated heterocycles. The topological polar surface area (TPSA) is 21.3 Å². The highest BCUT2D eigenvalue weighted by Gasteiger charge is 2.09. The molecule has 3 heteroatoms. The molecule has 1 unspecified atom stereocenters. The Morgan fingerprint density at radius 2 is 2.06 bits per heavy atom. The van der Waals surface area contributed by atoms with E-state index >= 15 is 0 Å². The first-order valence-corrected chi connectivity index (χ1v) is 7.39. The smallest absolute Gasteiger partial charge is 0.0552 e. The summed E-state index contributed by atoms with van der Waals surface area (Å²) in [7, 11) is 1.75. The molecule has 0 fully saturated rings. The van der Waals surface area contributed by atoms with Crippen molar-refractivity contribution in [3.8, 4) is 0 Å². The minimum absolute atomic E-state index is 0.456. The van der Waals surface area contributed by atoms with Gasteiger partial charge < -0.3 is 10.1 Å². The van der Waals surface area contributed by atoms with Gasteiger partial charge in [-0.3, -0.25) is 0 Å². The first-order valence-electron chi connectivity index (χ1n) is 6.23. The van der Waals surface area contributed by atoms with E-state index < -0.39 is 0 Å². The van der Waals surface area contributed by atoms with Crippen molar-refractivity contribution in [1.29, 1.82) is 0 Å². The molecule has 0 aliphatic rings. The summed E-state index contributed by atoms with van der Waals surface area (Å²) in [5.74, 6) is 2.17. The molecule has 0 saturated carbocycles. The maximum absolute atomic E-state index is 5.07. The van der Waals surface area contributed by atoms with E-state index in [0.717, 1.165) is 24.7 Å². The van der Waals surface area contributed by atoms with Crippen molar-refractivity contribution in [3.05, 3.63) is 35.9 Å². The lowest BCUT2D eigenvalue weighted by Gasteiger charge is -2.18. The Kier molecular flexibility index (Phi) is 8.14. The van der Waals surface area contributed by atoms with Gasteiger partial charge in [0.2, 0.25) is 0 Å². The third-order valence-corrected chi connectivity index (χ3v) is 3.58. The van der Waals surface area contributed by atoms with E-state index in [4.69, 9.17) is 4.74 Å². The zero-order valence-corrected chi connectivity index (χ0v) is 11.6. The van der Waals surface area contributed by atoms with Crippen LogP contribution in [-0.2, 0) is 4.74 Å². The van der Waals surface area contributed by atoms with Gasteiger partial charge in [-0.25, -0.2) is 0 Å². The van der Waals surface area contributed by atoms with Gasteiger partial charge >= 0.3 is 0 Å². The third kappa shape index (κ3) is 6.10. The van der Waals surface area contributed by atoms with Crippen LogP contribution in [0, 0.1) is 0 Å². The molecule has 0 aromatic heterocycles. The van der Waals surface area contributed by atoms with Crippen LogP contribution in [0.15, 0.2) is 30.3 Å². The van der Waals surface area contributed by atoms with Gasteiger partial charge in [-0.05, 0) is 18.5 Å². The van der Waals surface area contributed by atoms with E-state index in [2.05, 4.69) is 42.6 Å². The monoisotopic (exact) mass is 253 g/mol. The van der Waals surface area contributed by atoms with E-state index in [1.165, 1.54) is 12.0 Å². The summed E-state index contributed by atoms with van der Waals surface area (Å²) in [6.07, 6.45) is 1.17. The molecule has 0 amide bonds. The molecule has 1 aromatic rings. The molecule has 1 N–H and O–H groups in total. The molecule has 1 atom stereocenters. The fraction of sp³-hybridized carbons (Fsp3) is 0.571. The number of ether oxygens (including phenoxy) is 1. The van der Waals surface area contributed by atoms with Gasteiger partial charge in [0.1, 0.15) is 0 Å². The molecule has 96 valence electrons. The first kappa shape index (κ1) is 14.6. The van der Waals surface area contributed by atoms with E-state index in [1.54, 1.807) is 7.11 Å². The Labute approximate surface area is 109 Å². The van der Waals surface area contributed by atoms with Gasteiger partial charge in [-0.1, -0.05) is 37.3 Å². The Balaban J connectivity index is 2.43. The van der Waals surface area contributed by atoms with Crippen molar-refractivity contribution in [2.45, 2.75) is 19.4 Å². The molecular formula is C14H23NOS. The number of hydrogen-bond donors (Lipinski definition) is 1. The fourth-order valence-corrected chi connectivity index (χ4v) is 2.62. The largest absolute Gasteiger partial charge is 0.384 e. The van der Waals surface area contributed by atoms with Crippen LogP contribution in [0.2, 0.25) is 0 Å². The van der Waals surface area contributed by atoms with Crippen LogP contribution in [0.25, 0.3) is 0 Å². The van der Waals surface area contributed by atoms with Crippen LogP contribution >= 0.6 is 11.8 Å². The Morgan fingerprint density at radius 1 is 1.29 bits per heavy atom. The van der Waals surface area contributed by atoms with E-state index in [9.17, 15) is 0 Å². The van der Waals surface area contributed by atoms with Gasteiger partial charge in [0.05, 0.1) is 6.61 Å². The molecule has 0 spiro atoms. The van der Waals surface area contributed by atoms with Crippen molar-refractivity contribution in [3.63, 3.8) is 0 Å². The summed E-state index contributed by atoms with van der Waals surface area (Å²) in [4.78, 5) is 0. The highest BCUT2D eigenvalue weighted by molar-refractivity contribution is 7.99. The SMILES string of the molecule is CCCNC(CSCCOC)c1ccccc1. The predicted molar refractivity (Wildman–Crippen MR) is 76.7 cm³/mol. The molecule has 0 aliphatic heterocycles. The lowest BCUT2D eigenvalue weighted by atomic mass is 10.1. The molecule has 2 nitrogen and oxygen atoms in total. The van der Waals surface area contributed by atoms with Crippen LogP contribution in [0.4, 0.5) is 0 Å². The third-order valence-electron chi connectivity index (χ3n) is 2.56. The van der Waals surface area contributed by atoms with Gasteiger partial charge in [-0.15, -0.1) is 0 Å². The molecule has 0 bridgehead atoms. The average Bonchev–Trinajstić information content (AvgIpc) is 2.39. The number of hydrogen-bond acceptors (Lipinski definition) is 3. The Hall–Kier alpha value is -0.510. The minimum atomic E-state index is 0.456. The van der Waals surface area contributed by atoms with Crippen molar-refractivity contribution < 1.29 is 4.74 Å². The van der Waals surface area contributed by atoms with Crippen LogP contribution < -0.4 is 5.32 Å². The van der Waals surface area contributed by atoms with Crippen molar-refractivity contribution in [2.24, 2.45) is 0 Å². The molecule has 0 aliphatic carbocycles. The van der Waals surface area contributed by atoms with Crippen molar-refractivity contribution in [1.82, 2.24) is 5.32 Å². The highest BCUT2D eigenvalue weighted by Crippen LogP contribution is 2.18. The maximum atomic E-state index is 5.07. The summed E-state index contributed by atoms with van der Waals surface area (Å²) in [6, 6.07) is 11.1. The zero-order valence-electron chi connectivity index (χ0n) is 10.8. The minimum Gasteiger partial charge on any atom is -0.384 e. The summed E-state index contributed by atoms with van der Waals surface area (Å²) in [5.41, 5.74) is 1.38.